The molecule has 7 heteroatoms. The van der Waals surface area contributed by atoms with Crippen molar-refractivity contribution in [3.63, 3.8) is 0 Å². The van der Waals surface area contributed by atoms with Crippen LogP contribution in [0.2, 0.25) is 0 Å². The average molecular weight is 395 g/mol. The first-order valence-electron chi connectivity index (χ1n) is 8.92. The molecule has 1 aliphatic heterocycles. The molecule has 5 nitrogen and oxygen atoms in total. The summed E-state index contributed by atoms with van der Waals surface area (Å²) in [5.41, 5.74) is 3.09. The van der Waals surface area contributed by atoms with E-state index in [9.17, 15) is 14.0 Å². The van der Waals surface area contributed by atoms with Crippen molar-refractivity contribution in [2.75, 3.05) is 10.2 Å². The van der Waals surface area contributed by atoms with Crippen molar-refractivity contribution in [1.29, 1.82) is 0 Å². The zero-order chi connectivity index (χ0) is 19.7. The maximum atomic E-state index is 13.0. The SMILES string of the molecule is CC1Cc2ccccc2N1C(=O)Cc1csc(NC(=O)c2ccc(F)cc2)n1. The highest BCUT2D eigenvalue weighted by Crippen LogP contribution is 2.32. The molecule has 3 aromatic rings. The number of carbonyl (C=O) groups is 2. The molecule has 2 heterocycles. The molecule has 0 aliphatic carbocycles. The molecule has 142 valence electrons. The third-order valence-corrected chi connectivity index (χ3v) is 5.49. The molecule has 0 saturated carbocycles. The summed E-state index contributed by atoms with van der Waals surface area (Å²) in [6, 6.07) is 13.3. The summed E-state index contributed by atoms with van der Waals surface area (Å²) in [5, 5.41) is 4.86. The minimum atomic E-state index is -0.399. The Morgan fingerprint density at radius 1 is 1.21 bits per heavy atom. The molecule has 2 aromatic carbocycles. The predicted molar refractivity (Wildman–Crippen MR) is 107 cm³/mol. The summed E-state index contributed by atoms with van der Waals surface area (Å²) in [7, 11) is 0. The van der Waals surface area contributed by atoms with E-state index in [2.05, 4.69) is 10.3 Å². The Balaban J connectivity index is 1.43. The quantitative estimate of drug-likeness (QED) is 0.725. The molecular formula is C21H18FN3O2S. The normalized spacial score (nSPS) is 15.4. The van der Waals surface area contributed by atoms with Gasteiger partial charge in [-0.05, 0) is 49.2 Å². The van der Waals surface area contributed by atoms with Crippen molar-refractivity contribution < 1.29 is 14.0 Å². The van der Waals surface area contributed by atoms with Gasteiger partial charge in [0.2, 0.25) is 5.91 Å². The van der Waals surface area contributed by atoms with E-state index in [1.807, 2.05) is 36.1 Å². The standard InChI is InChI=1S/C21H18FN3O2S/c1-13-10-15-4-2-3-5-18(15)25(13)19(26)11-17-12-28-21(23-17)24-20(27)14-6-8-16(22)9-7-14/h2-9,12-13H,10-11H2,1H3,(H,23,24,27). The number of thiazole rings is 1. The van der Waals surface area contributed by atoms with Crippen LogP contribution in [-0.4, -0.2) is 22.8 Å². The molecule has 0 saturated heterocycles. The highest BCUT2D eigenvalue weighted by atomic mass is 32.1. The Hall–Kier alpha value is -3.06. The van der Waals surface area contributed by atoms with E-state index < -0.39 is 5.82 Å². The molecule has 1 N–H and O–H groups in total. The van der Waals surface area contributed by atoms with E-state index in [-0.39, 0.29) is 24.3 Å². The van der Waals surface area contributed by atoms with Crippen LogP contribution < -0.4 is 10.2 Å². The number of carbonyl (C=O) groups excluding carboxylic acids is 2. The Morgan fingerprint density at radius 3 is 2.75 bits per heavy atom. The maximum Gasteiger partial charge on any atom is 0.257 e. The molecule has 0 spiro atoms. The van der Waals surface area contributed by atoms with Crippen molar-refractivity contribution in [1.82, 2.24) is 4.98 Å². The summed E-state index contributed by atoms with van der Waals surface area (Å²) in [6.07, 6.45) is 1.01. The summed E-state index contributed by atoms with van der Waals surface area (Å²) in [6.45, 7) is 2.04. The number of aromatic nitrogens is 1. The second-order valence-corrected chi connectivity index (χ2v) is 7.59. The van der Waals surface area contributed by atoms with Gasteiger partial charge in [-0.2, -0.15) is 0 Å². The number of nitrogens with one attached hydrogen (secondary N) is 1. The lowest BCUT2D eigenvalue weighted by Crippen LogP contribution is -2.36. The third-order valence-electron chi connectivity index (χ3n) is 4.69. The van der Waals surface area contributed by atoms with Crippen molar-refractivity contribution in [3.8, 4) is 0 Å². The number of nitrogens with zero attached hydrogens (tertiary/aromatic N) is 2. The third kappa shape index (κ3) is 3.66. The van der Waals surface area contributed by atoms with Crippen molar-refractivity contribution in [3.05, 3.63) is 76.5 Å². The van der Waals surface area contributed by atoms with Crippen LogP contribution in [0.1, 0.15) is 28.5 Å². The monoisotopic (exact) mass is 395 g/mol. The highest BCUT2D eigenvalue weighted by molar-refractivity contribution is 7.14. The second-order valence-electron chi connectivity index (χ2n) is 6.73. The van der Waals surface area contributed by atoms with Gasteiger partial charge in [0, 0.05) is 22.7 Å². The number of anilines is 2. The molecule has 28 heavy (non-hydrogen) atoms. The van der Waals surface area contributed by atoms with Crippen LogP contribution >= 0.6 is 11.3 Å². The van der Waals surface area contributed by atoms with Crippen LogP contribution in [0.3, 0.4) is 0 Å². The van der Waals surface area contributed by atoms with Crippen LogP contribution in [-0.2, 0) is 17.6 Å². The fourth-order valence-electron chi connectivity index (χ4n) is 3.40. The number of rotatable bonds is 4. The van der Waals surface area contributed by atoms with Crippen LogP contribution in [0.5, 0.6) is 0 Å². The number of fused-ring (bicyclic) bond motifs is 1. The molecule has 0 bridgehead atoms. The van der Waals surface area contributed by atoms with E-state index in [4.69, 9.17) is 0 Å². The molecule has 1 aliphatic rings. The molecule has 0 radical (unpaired) electrons. The lowest BCUT2D eigenvalue weighted by molar-refractivity contribution is -0.118. The van der Waals surface area contributed by atoms with Crippen LogP contribution in [0, 0.1) is 5.82 Å². The minimum absolute atomic E-state index is 0.0147. The fraction of sp³-hybridized carbons (Fsp3) is 0.190. The molecule has 0 fully saturated rings. The van der Waals surface area contributed by atoms with Gasteiger partial charge in [-0.15, -0.1) is 11.3 Å². The van der Waals surface area contributed by atoms with Crippen molar-refractivity contribution in [2.45, 2.75) is 25.8 Å². The summed E-state index contributed by atoms with van der Waals surface area (Å²) < 4.78 is 13.0. The average Bonchev–Trinajstić information content (AvgIpc) is 3.24. The Labute approximate surface area is 165 Å². The van der Waals surface area contributed by atoms with E-state index in [0.717, 1.165) is 12.1 Å². The van der Waals surface area contributed by atoms with E-state index in [1.165, 1.54) is 41.2 Å². The molecule has 4 rings (SSSR count). The smallest absolute Gasteiger partial charge is 0.257 e. The van der Waals surface area contributed by atoms with E-state index in [0.29, 0.717) is 16.4 Å². The predicted octanol–water partition coefficient (Wildman–Crippen LogP) is 4.05. The summed E-state index contributed by atoms with van der Waals surface area (Å²) in [4.78, 5) is 31.2. The van der Waals surface area contributed by atoms with Gasteiger partial charge in [0.25, 0.3) is 5.91 Å². The fourth-order valence-corrected chi connectivity index (χ4v) is 4.11. The number of amides is 2. The Morgan fingerprint density at radius 2 is 1.96 bits per heavy atom. The zero-order valence-corrected chi connectivity index (χ0v) is 16.0. The Bertz CT molecular complexity index is 1030. The van der Waals surface area contributed by atoms with Crippen molar-refractivity contribution >= 4 is 34.0 Å². The van der Waals surface area contributed by atoms with Crippen LogP contribution in [0.15, 0.2) is 53.9 Å². The lowest BCUT2D eigenvalue weighted by atomic mass is 10.1. The largest absolute Gasteiger partial charge is 0.309 e. The Kier molecular flexibility index (Phi) is 4.92. The lowest BCUT2D eigenvalue weighted by Gasteiger charge is -2.22. The summed E-state index contributed by atoms with van der Waals surface area (Å²) in [5.74, 6) is -0.780. The first-order valence-corrected chi connectivity index (χ1v) is 9.80. The van der Waals surface area contributed by atoms with Crippen LogP contribution in [0.4, 0.5) is 15.2 Å². The minimum Gasteiger partial charge on any atom is -0.309 e. The van der Waals surface area contributed by atoms with E-state index in [1.54, 1.807) is 5.38 Å². The van der Waals surface area contributed by atoms with Gasteiger partial charge in [-0.25, -0.2) is 9.37 Å². The van der Waals surface area contributed by atoms with E-state index >= 15 is 0 Å². The molecule has 1 atom stereocenters. The number of hydrogen-bond acceptors (Lipinski definition) is 4. The highest BCUT2D eigenvalue weighted by Gasteiger charge is 2.30. The molecular weight excluding hydrogens is 377 g/mol. The molecule has 1 unspecified atom stereocenters. The first kappa shape index (κ1) is 18.3. The zero-order valence-electron chi connectivity index (χ0n) is 15.2. The number of benzene rings is 2. The van der Waals surface area contributed by atoms with Crippen molar-refractivity contribution in [2.24, 2.45) is 0 Å². The second kappa shape index (κ2) is 7.52. The van der Waals surface area contributed by atoms with Gasteiger partial charge in [0.15, 0.2) is 5.13 Å². The first-order chi connectivity index (χ1) is 13.5. The number of halogens is 1. The van der Waals surface area contributed by atoms with Gasteiger partial charge in [-0.1, -0.05) is 18.2 Å². The topological polar surface area (TPSA) is 62.3 Å². The van der Waals surface area contributed by atoms with Gasteiger partial charge >= 0.3 is 0 Å². The van der Waals surface area contributed by atoms with Gasteiger partial charge in [-0.3, -0.25) is 14.9 Å². The molecule has 2 amide bonds. The number of para-hydroxylation sites is 1. The van der Waals surface area contributed by atoms with Gasteiger partial charge in [0.1, 0.15) is 5.82 Å². The van der Waals surface area contributed by atoms with Crippen LogP contribution in [0.25, 0.3) is 0 Å². The van der Waals surface area contributed by atoms with Gasteiger partial charge in [0.05, 0.1) is 12.1 Å². The number of hydrogen-bond donors (Lipinski definition) is 1. The van der Waals surface area contributed by atoms with Gasteiger partial charge < -0.3 is 4.90 Å². The maximum absolute atomic E-state index is 13.0. The molecule has 1 aromatic heterocycles. The summed E-state index contributed by atoms with van der Waals surface area (Å²) >= 11 is 1.26.